The van der Waals surface area contributed by atoms with E-state index >= 15 is 0 Å². The molecule has 1 aliphatic rings. The third kappa shape index (κ3) is 3.19. The molecular formula is C9H11ClF3N3O2S. The highest BCUT2D eigenvalue weighted by atomic mass is 35.7. The summed E-state index contributed by atoms with van der Waals surface area (Å²) >= 11 is 0. The first-order chi connectivity index (χ1) is 8.69. The summed E-state index contributed by atoms with van der Waals surface area (Å²) in [6.45, 7) is 0. The Balaban J connectivity index is 2.31. The summed E-state index contributed by atoms with van der Waals surface area (Å²) in [5.41, 5.74) is 0. The summed E-state index contributed by atoms with van der Waals surface area (Å²) in [5, 5.41) is 4.93. The van der Waals surface area contributed by atoms with Gasteiger partial charge < -0.3 is 0 Å². The fourth-order valence-electron chi connectivity index (χ4n) is 2.38. The summed E-state index contributed by atoms with van der Waals surface area (Å²) in [7, 11) is 0.906. The van der Waals surface area contributed by atoms with E-state index in [0.717, 1.165) is 0 Å². The number of aromatic nitrogens is 3. The molecule has 0 radical (unpaired) electrons. The SMILES string of the molecule is O=S(=O)(Cl)c1n[nH]c(C2CCCCC2C(F)(F)F)n1. The number of aromatic amines is 1. The van der Waals surface area contributed by atoms with E-state index in [1.807, 2.05) is 0 Å². The Bertz CT molecular complexity index is 557. The maximum absolute atomic E-state index is 12.9. The lowest BCUT2D eigenvalue weighted by molar-refractivity contribution is -0.187. The number of nitrogens with zero attached hydrogens (tertiary/aromatic N) is 2. The fourth-order valence-corrected chi connectivity index (χ4v) is 2.95. The quantitative estimate of drug-likeness (QED) is 0.851. The molecule has 1 saturated carbocycles. The minimum Gasteiger partial charge on any atom is -0.262 e. The summed E-state index contributed by atoms with van der Waals surface area (Å²) in [6, 6.07) is 0. The van der Waals surface area contributed by atoms with E-state index in [1.54, 1.807) is 0 Å². The molecule has 0 bridgehead atoms. The van der Waals surface area contributed by atoms with Crippen molar-refractivity contribution in [2.75, 3.05) is 0 Å². The second-order valence-corrected chi connectivity index (χ2v) is 6.94. The number of alkyl halides is 3. The molecule has 0 spiro atoms. The van der Waals surface area contributed by atoms with E-state index < -0.39 is 32.2 Å². The van der Waals surface area contributed by atoms with Crippen molar-refractivity contribution < 1.29 is 21.6 Å². The van der Waals surface area contributed by atoms with Gasteiger partial charge in [-0.1, -0.05) is 12.8 Å². The van der Waals surface area contributed by atoms with Crippen molar-refractivity contribution in [3.8, 4) is 0 Å². The zero-order valence-corrected chi connectivity index (χ0v) is 11.2. The minimum absolute atomic E-state index is 0.0117. The van der Waals surface area contributed by atoms with Crippen LogP contribution in [-0.4, -0.2) is 29.8 Å². The molecule has 10 heteroatoms. The first-order valence-electron chi connectivity index (χ1n) is 5.63. The topological polar surface area (TPSA) is 75.7 Å². The van der Waals surface area contributed by atoms with Crippen LogP contribution < -0.4 is 0 Å². The van der Waals surface area contributed by atoms with Gasteiger partial charge in [0.15, 0.2) is 0 Å². The highest BCUT2D eigenvalue weighted by Crippen LogP contribution is 2.45. The van der Waals surface area contributed by atoms with Gasteiger partial charge in [-0.15, -0.1) is 5.10 Å². The molecule has 1 N–H and O–H groups in total. The van der Waals surface area contributed by atoms with Crippen LogP contribution in [0.2, 0.25) is 0 Å². The van der Waals surface area contributed by atoms with Crippen molar-refractivity contribution in [2.24, 2.45) is 5.92 Å². The molecule has 1 aromatic heterocycles. The van der Waals surface area contributed by atoms with E-state index in [2.05, 4.69) is 15.2 Å². The Morgan fingerprint density at radius 2 is 1.89 bits per heavy atom. The van der Waals surface area contributed by atoms with Gasteiger partial charge in [-0.3, -0.25) is 5.10 Å². The third-order valence-electron chi connectivity index (χ3n) is 3.24. The maximum Gasteiger partial charge on any atom is 0.392 e. The number of nitrogens with one attached hydrogen (secondary N) is 1. The average molecular weight is 318 g/mol. The molecule has 19 heavy (non-hydrogen) atoms. The van der Waals surface area contributed by atoms with Crippen LogP contribution in [0.5, 0.6) is 0 Å². The van der Waals surface area contributed by atoms with Crippen molar-refractivity contribution in [1.82, 2.24) is 15.2 Å². The van der Waals surface area contributed by atoms with Crippen LogP contribution in [0.25, 0.3) is 0 Å². The van der Waals surface area contributed by atoms with Crippen LogP contribution in [0.15, 0.2) is 5.16 Å². The number of hydrogen-bond donors (Lipinski definition) is 1. The van der Waals surface area contributed by atoms with Gasteiger partial charge in [0.25, 0.3) is 14.2 Å². The standard InChI is InChI=1S/C9H11ClF3N3O2S/c10-19(17,18)8-14-7(15-16-8)5-3-1-2-4-6(5)9(11,12)13/h5-6H,1-4H2,(H,14,15,16). The van der Waals surface area contributed by atoms with Gasteiger partial charge in [0.05, 0.1) is 5.92 Å². The van der Waals surface area contributed by atoms with Gasteiger partial charge in [0, 0.05) is 16.6 Å². The zero-order valence-electron chi connectivity index (χ0n) is 9.61. The molecule has 0 saturated heterocycles. The number of H-pyrrole nitrogens is 1. The van der Waals surface area contributed by atoms with E-state index in [0.29, 0.717) is 19.3 Å². The van der Waals surface area contributed by atoms with Crippen molar-refractivity contribution in [3.05, 3.63) is 5.82 Å². The monoisotopic (exact) mass is 317 g/mol. The summed E-state index contributed by atoms with van der Waals surface area (Å²) in [4.78, 5) is 3.58. The van der Waals surface area contributed by atoms with Crippen molar-refractivity contribution in [1.29, 1.82) is 0 Å². The Morgan fingerprint density at radius 1 is 1.26 bits per heavy atom. The second kappa shape index (κ2) is 4.93. The predicted octanol–water partition coefficient (Wildman–Crippen LogP) is 2.57. The largest absolute Gasteiger partial charge is 0.392 e. The first-order valence-corrected chi connectivity index (χ1v) is 7.94. The van der Waals surface area contributed by atoms with Crippen LogP contribution >= 0.6 is 10.7 Å². The number of rotatable bonds is 2. The molecule has 0 aromatic carbocycles. The van der Waals surface area contributed by atoms with Gasteiger partial charge in [-0.25, -0.2) is 13.4 Å². The molecular weight excluding hydrogens is 307 g/mol. The van der Waals surface area contributed by atoms with Crippen LogP contribution in [-0.2, 0) is 9.05 Å². The number of hydrogen-bond acceptors (Lipinski definition) is 4. The van der Waals surface area contributed by atoms with Gasteiger partial charge in [-0.2, -0.15) is 13.2 Å². The third-order valence-corrected chi connectivity index (χ3v) is 4.27. The van der Waals surface area contributed by atoms with Crippen LogP contribution in [0.3, 0.4) is 0 Å². The average Bonchev–Trinajstić information content (AvgIpc) is 2.76. The maximum atomic E-state index is 12.9. The van der Waals surface area contributed by atoms with Crippen LogP contribution in [0, 0.1) is 5.92 Å². The van der Waals surface area contributed by atoms with Crippen LogP contribution in [0.1, 0.15) is 37.4 Å². The zero-order chi connectivity index (χ0) is 14.3. The lowest BCUT2D eigenvalue weighted by Gasteiger charge is -2.31. The minimum atomic E-state index is -4.34. The normalized spacial score (nSPS) is 25.5. The summed E-state index contributed by atoms with van der Waals surface area (Å²) in [5.74, 6) is -2.49. The fraction of sp³-hybridized carbons (Fsp3) is 0.778. The molecule has 2 rings (SSSR count). The van der Waals surface area contributed by atoms with Crippen molar-refractivity contribution in [2.45, 2.75) is 42.9 Å². The molecule has 2 atom stereocenters. The molecule has 1 aromatic rings. The van der Waals surface area contributed by atoms with Gasteiger partial charge >= 0.3 is 6.18 Å². The Labute approximate surface area is 112 Å². The van der Waals surface area contributed by atoms with Gasteiger partial charge in [0.1, 0.15) is 5.82 Å². The molecule has 0 aliphatic heterocycles. The number of halogens is 4. The lowest BCUT2D eigenvalue weighted by atomic mass is 9.78. The first kappa shape index (κ1) is 14.6. The Morgan fingerprint density at radius 3 is 2.42 bits per heavy atom. The Hall–Kier alpha value is -0.830. The van der Waals surface area contributed by atoms with E-state index in [9.17, 15) is 21.6 Å². The smallest absolute Gasteiger partial charge is 0.262 e. The van der Waals surface area contributed by atoms with E-state index in [4.69, 9.17) is 10.7 Å². The van der Waals surface area contributed by atoms with Crippen molar-refractivity contribution in [3.63, 3.8) is 0 Å². The molecule has 1 heterocycles. The molecule has 108 valence electrons. The molecule has 0 amide bonds. The van der Waals surface area contributed by atoms with E-state index in [-0.39, 0.29) is 12.2 Å². The molecule has 1 fully saturated rings. The molecule has 1 aliphatic carbocycles. The van der Waals surface area contributed by atoms with Crippen molar-refractivity contribution >= 4 is 19.7 Å². The van der Waals surface area contributed by atoms with Crippen LogP contribution in [0.4, 0.5) is 13.2 Å². The molecule has 5 nitrogen and oxygen atoms in total. The Kier molecular flexibility index (Phi) is 3.78. The van der Waals surface area contributed by atoms with E-state index in [1.165, 1.54) is 0 Å². The lowest BCUT2D eigenvalue weighted by Crippen LogP contribution is -2.32. The highest BCUT2D eigenvalue weighted by molar-refractivity contribution is 8.13. The summed E-state index contributed by atoms with van der Waals surface area (Å²) in [6.07, 6.45) is -2.90. The van der Waals surface area contributed by atoms with Gasteiger partial charge in [0.2, 0.25) is 0 Å². The summed E-state index contributed by atoms with van der Waals surface area (Å²) < 4.78 is 60.7. The highest BCUT2D eigenvalue weighted by Gasteiger charge is 2.47. The molecule has 2 unspecified atom stereocenters. The van der Waals surface area contributed by atoms with Gasteiger partial charge in [-0.05, 0) is 12.8 Å². The predicted molar refractivity (Wildman–Crippen MR) is 60.2 cm³/mol. The second-order valence-electron chi connectivity index (χ2n) is 4.48.